The summed E-state index contributed by atoms with van der Waals surface area (Å²) in [5.41, 5.74) is 0. The third kappa shape index (κ3) is 1.78. The number of imide groups is 1. The molecule has 3 amide bonds. The van der Waals surface area contributed by atoms with Crippen molar-refractivity contribution in [1.29, 1.82) is 0 Å². The highest BCUT2D eigenvalue weighted by molar-refractivity contribution is 6.09. The second-order valence-corrected chi connectivity index (χ2v) is 8.26. The van der Waals surface area contributed by atoms with Gasteiger partial charge in [0.1, 0.15) is 6.04 Å². The molecule has 4 fully saturated rings. The average Bonchev–Trinajstić information content (AvgIpc) is 3.39. The smallest absolute Gasteiger partial charge is 0.245 e. The molecule has 2 aliphatic heterocycles. The molecule has 5 nitrogen and oxygen atoms in total. The SMILES string of the molecule is C[C@@H](C(=O)N1CCCCC1)N1C(=O)[C@H]2[C@@H]3C=C[C@H]([C@@H]4C[C@H]34)[C@@H]2C1=O. The summed E-state index contributed by atoms with van der Waals surface area (Å²) in [6.07, 6.45) is 8.70. The van der Waals surface area contributed by atoms with Crippen LogP contribution in [0.4, 0.5) is 0 Å². The first-order valence-electron chi connectivity index (χ1n) is 9.43. The minimum Gasteiger partial charge on any atom is -0.341 e. The van der Waals surface area contributed by atoms with Crippen LogP contribution in [0.3, 0.4) is 0 Å². The van der Waals surface area contributed by atoms with E-state index in [-0.39, 0.29) is 41.4 Å². The van der Waals surface area contributed by atoms with E-state index < -0.39 is 6.04 Å². The third-order valence-electron chi connectivity index (χ3n) is 7.11. The summed E-state index contributed by atoms with van der Waals surface area (Å²) in [4.78, 5) is 42.0. The highest BCUT2D eigenvalue weighted by Gasteiger charge is 2.67. The molecule has 5 heteroatoms. The summed E-state index contributed by atoms with van der Waals surface area (Å²) in [7, 11) is 0. The second kappa shape index (κ2) is 4.93. The highest BCUT2D eigenvalue weighted by Crippen LogP contribution is 2.65. The van der Waals surface area contributed by atoms with Gasteiger partial charge in [0.05, 0.1) is 11.8 Å². The van der Waals surface area contributed by atoms with Crippen LogP contribution >= 0.6 is 0 Å². The van der Waals surface area contributed by atoms with Crippen LogP contribution in [0.25, 0.3) is 0 Å². The Morgan fingerprint density at radius 3 is 2.08 bits per heavy atom. The van der Waals surface area contributed by atoms with Crippen LogP contribution in [0.1, 0.15) is 32.6 Å². The van der Waals surface area contributed by atoms with Crippen LogP contribution in [0, 0.1) is 35.5 Å². The Morgan fingerprint density at radius 1 is 1.00 bits per heavy atom. The van der Waals surface area contributed by atoms with E-state index in [4.69, 9.17) is 0 Å². The van der Waals surface area contributed by atoms with E-state index in [1.54, 1.807) is 6.92 Å². The lowest BCUT2D eigenvalue weighted by Crippen LogP contribution is -2.51. The maximum Gasteiger partial charge on any atom is 0.245 e. The van der Waals surface area contributed by atoms with Crippen molar-refractivity contribution in [3.63, 3.8) is 0 Å². The summed E-state index contributed by atoms with van der Waals surface area (Å²) < 4.78 is 0. The van der Waals surface area contributed by atoms with Gasteiger partial charge in [-0.15, -0.1) is 0 Å². The van der Waals surface area contributed by atoms with Crippen molar-refractivity contribution in [3.05, 3.63) is 12.2 Å². The van der Waals surface area contributed by atoms with Crippen LogP contribution in [0.2, 0.25) is 0 Å². The number of hydrogen-bond donors (Lipinski definition) is 0. The number of rotatable bonds is 2. The second-order valence-electron chi connectivity index (χ2n) is 8.26. The number of piperidine rings is 1. The molecule has 0 spiro atoms. The average molecular weight is 328 g/mol. The largest absolute Gasteiger partial charge is 0.341 e. The molecule has 6 aliphatic rings. The first-order valence-corrected chi connectivity index (χ1v) is 9.43. The molecule has 4 aliphatic carbocycles. The fourth-order valence-corrected chi connectivity index (χ4v) is 5.85. The van der Waals surface area contributed by atoms with E-state index in [0.29, 0.717) is 11.8 Å². The lowest BCUT2D eigenvalue weighted by molar-refractivity contribution is -0.151. The van der Waals surface area contributed by atoms with Crippen molar-refractivity contribution in [2.45, 2.75) is 38.6 Å². The van der Waals surface area contributed by atoms with Gasteiger partial charge in [-0.1, -0.05) is 12.2 Å². The summed E-state index contributed by atoms with van der Waals surface area (Å²) in [5, 5.41) is 0. The quantitative estimate of drug-likeness (QED) is 0.569. The first-order chi connectivity index (χ1) is 11.6. The number of likely N-dealkylation sites (tertiary alicyclic amines) is 2. The Morgan fingerprint density at radius 2 is 1.54 bits per heavy atom. The molecule has 2 saturated heterocycles. The van der Waals surface area contributed by atoms with Crippen LogP contribution in [-0.2, 0) is 14.4 Å². The highest BCUT2D eigenvalue weighted by atomic mass is 16.2. The normalized spacial score (nSPS) is 43.7. The minimum atomic E-state index is -0.649. The van der Waals surface area contributed by atoms with Crippen molar-refractivity contribution in [1.82, 2.24) is 9.80 Å². The lowest BCUT2D eigenvalue weighted by Gasteiger charge is -2.37. The standard InChI is InChI=1S/C19H24N2O3/c1-10(17(22)20-7-3-2-4-8-20)21-18(23)15-11-5-6-12(14-9-13(11)14)16(15)19(21)24/h5-6,10-16H,2-4,7-9H2,1H3/t10-,11+,12+,13-,14+,15-,16-/m0/s1. The molecule has 0 aromatic rings. The zero-order chi connectivity index (χ0) is 16.6. The Labute approximate surface area is 142 Å². The topological polar surface area (TPSA) is 57.7 Å². The fourth-order valence-electron chi connectivity index (χ4n) is 5.85. The van der Waals surface area contributed by atoms with Crippen LogP contribution in [-0.4, -0.2) is 46.7 Å². The van der Waals surface area contributed by atoms with E-state index in [0.717, 1.165) is 38.8 Å². The van der Waals surface area contributed by atoms with Crippen molar-refractivity contribution in [2.75, 3.05) is 13.1 Å². The predicted molar refractivity (Wildman–Crippen MR) is 86.4 cm³/mol. The van der Waals surface area contributed by atoms with Crippen LogP contribution < -0.4 is 0 Å². The molecule has 2 saturated carbocycles. The van der Waals surface area contributed by atoms with Gasteiger partial charge in [-0.25, -0.2) is 0 Å². The van der Waals surface area contributed by atoms with Crippen molar-refractivity contribution >= 4 is 17.7 Å². The van der Waals surface area contributed by atoms with Crippen molar-refractivity contribution in [2.24, 2.45) is 35.5 Å². The van der Waals surface area contributed by atoms with E-state index in [1.807, 2.05) is 4.90 Å². The number of carbonyl (C=O) groups is 3. The van der Waals surface area contributed by atoms with Gasteiger partial charge in [-0.3, -0.25) is 19.3 Å². The van der Waals surface area contributed by atoms with Gasteiger partial charge in [-0.05, 0) is 56.3 Å². The van der Waals surface area contributed by atoms with Crippen LogP contribution in [0.5, 0.6) is 0 Å². The van der Waals surface area contributed by atoms with Gasteiger partial charge in [0.25, 0.3) is 0 Å². The molecular weight excluding hydrogens is 304 g/mol. The molecule has 24 heavy (non-hydrogen) atoms. The van der Waals surface area contributed by atoms with E-state index in [9.17, 15) is 14.4 Å². The number of carbonyl (C=O) groups excluding carboxylic acids is 3. The van der Waals surface area contributed by atoms with E-state index in [1.165, 1.54) is 4.90 Å². The lowest BCUT2D eigenvalue weighted by atomic mass is 9.63. The summed E-state index contributed by atoms with van der Waals surface area (Å²) >= 11 is 0. The minimum absolute atomic E-state index is 0.0551. The maximum atomic E-state index is 13.0. The predicted octanol–water partition coefficient (Wildman–Crippen LogP) is 1.44. The maximum absolute atomic E-state index is 13.0. The Balaban J connectivity index is 1.40. The molecule has 0 unspecified atom stereocenters. The third-order valence-corrected chi connectivity index (χ3v) is 7.11. The van der Waals surface area contributed by atoms with Gasteiger partial charge in [0, 0.05) is 13.1 Å². The molecule has 0 aromatic heterocycles. The summed E-state index contributed by atoms with van der Waals surface area (Å²) in [5.74, 6) is 1.02. The summed E-state index contributed by atoms with van der Waals surface area (Å²) in [6.45, 7) is 3.24. The van der Waals surface area contributed by atoms with E-state index >= 15 is 0 Å². The van der Waals surface area contributed by atoms with Gasteiger partial charge >= 0.3 is 0 Å². The number of allylic oxidation sites excluding steroid dienone is 2. The van der Waals surface area contributed by atoms with Crippen molar-refractivity contribution < 1.29 is 14.4 Å². The zero-order valence-corrected chi connectivity index (χ0v) is 14.1. The zero-order valence-electron chi connectivity index (χ0n) is 14.1. The summed E-state index contributed by atoms with van der Waals surface area (Å²) in [6, 6.07) is -0.649. The van der Waals surface area contributed by atoms with Gasteiger partial charge in [0.15, 0.2) is 0 Å². The van der Waals surface area contributed by atoms with Gasteiger partial charge in [0.2, 0.25) is 17.7 Å². The molecule has 2 heterocycles. The number of hydrogen-bond acceptors (Lipinski definition) is 3. The number of nitrogens with zero attached hydrogens (tertiary/aromatic N) is 2. The molecule has 0 N–H and O–H groups in total. The fraction of sp³-hybridized carbons (Fsp3) is 0.737. The Kier molecular flexibility index (Phi) is 3.01. The molecule has 6 rings (SSSR count). The first kappa shape index (κ1) is 14.7. The van der Waals surface area contributed by atoms with Gasteiger partial charge < -0.3 is 4.90 Å². The van der Waals surface area contributed by atoms with Crippen LogP contribution in [0.15, 0.2) is 12.2 Å². The van der Waals surface area contributed by atoms with E-state index in [2.05, 4.69) is 12.2 Å². The molecule has 0 radical (unpaired) electrons. The Bertz CT molecular complexity index is 615. The van der Waals surface area contributed by atoms with Gasteiger partial charge in [-0.2, -0.15) is 0 Å². The number of amides is 3. The molecular formula is C19H24N2O3. The Hall–Kier alpha value is -1.65. The van der Waals surface area contributed by atoms with Crippen molar-refractivity contribution in [3.8, 4) is 0 Å². The molecule has 2 bridgehead atoms. The monoisotopic (exact) mass is 328 g/mol. The molecule has 0 aromatic carbocycles. The molecule has 7 atom stereocenters. The molecule has 128 valence electrons.